The van der Waals surface area contributed by atoms with E-state index in [2.05, 4.69) is 15.3 Å². The van der Waals surface area contributed by atoms with Crippen LogP contribution >= 0.6 is 0 Å². The van der Waals surface area contributed by atoms with Crippen LogP contribution in [0.25, 0.3) is 11.4 Å². The summed E-state index contributed by atoms with van der Waals surface area (Å²) < 4.78 is 26.3. The van der Waals surface area contributed by atoms with Crippen molar-refractivity contribution in [2.24, 2.45) is 12.2 Å². The van der Waals surface area contributed by atoms with Gasteiger partial charge in [-0.2, -0.15) is 5.10 Å². The second-order valence-corrected chi connectivity index (χ2v) is 6.72. The van der Waals surface area contributed by atoms with Crippen LogP contribution in [0.5, 0.6) is 0 Å². The maximum absolute atomic E-state index is 11.6. The zero-order chi connectivity index (χ0) is 14.4. The molecule has 8 nitrogen and oxygen atoms in total. The van der Waals surface area contributed by atoms with Crippen molar-refractivity contribution in [3.05, 3.63) is 12.4 Å². The minimum absolute atomic E-state index is 0.251. The average molecular weight is 284 g/mol. The van der Waals surface area contributed by atoms with Crippen molar-refractivity contribution in [3.63, 3.8) is 0 Å². The van der Waals surface area contributed by atoms with Gasteiger partial charge in [-0.1, -0.05) is 0 Å². The Morgan fingerprint density at radius 2 is 1.89 bits per heavy atom. The molecule has 0 aliphatic heterocycles. The quantitative estimate of drug-likeness (QED) is 0.840. The summed E-state index contributed by atoms with van der Waals surface area (Å²) in [7, 11) is -2.17. The Morgan fingerprint density at radius 3 is 2.32 bits per heavy atom. The van der Waals surface area contributed by atoms with Crippen molar-refractivity contribution in [1.29, 1.82) is 0 Å². The number of rotatable bonds is 2. The van der Waals surface area contributed by atoms with E-state index in [-0.39, 0.29) is 5.16 Å². The van der Waals surface area contributed by atoms with E-state index in [1.807, 2.05) is 20.8 Å². The largest absolute Gasteiger partial charge is 0.291 e. The molecule has 2 aromatic heterocycles. The molecule has 0 unspecified atom stereocenters. The zero-order valence-corrected chi connectivity index (χ0v) is 12.0. The van der Waals surface area contributed by atoms with Gasteiger partial charge in [0.1, 0.15) is 0 Å². The number of sulfonamides is 1. The van der Waals surface area contributed by atoms with Crippen LogP contribution in [0.3, 0.4) is 0 Å². The molecule has 0 aromatic carbocycles. The van der Waals surface area contributed by atoms with E-state index < -0.39 is 15.6 Å². The molecule has 0 spiro atoms. The second-order valence-electron chi connectivity index (χ2n) is 5.26. The first-order valence-electron chi connectivity index (χ1n) is 5.58. The summed E-state index contributed by atoms with van der Waals surface area (Å²) >= 11 is 0. The molecule has 2 N–H and O–H groups in total. The predicted molar refractivity (Wildman–Crippen MR) is 68.6 cm³/mol. The second kappa shape index (κ2) is 4.14. The number of hydrogen-bond acceptors (Lipinski definition) is 5. The highest BCUT2D eigenvalue weighted by Crippen LogP contribution is 2.27. The number of nitrogens with zero attached hydrogens (tertiary/aromatic N) is 5. The Balaban J connectivity index is 2.74. The summed E-state index contributed by atoms with van der Waals surface area (Å²) in [4.78, 5) is 0. The number of primary sulfonamides is 1. The Morgan fingerprint density at radius 1 is 1.26 bits per heavy atom. The first kappa shape index (κ1) is 13.7. The maximum Gasteiger partial charge on any atom is 0.273 e. The third-order valence-electron chi connectivity index (χ3n) is 2.52. The van der Waals surface area contributed by atoms with Gasteiger partial charge < -0.3 is 0 Å². The lowest BCUT2D eigenvalue weighted by molar-refractivity contribution is 0.366. The molecule has 2 rings (SSSR count). The third-order valence-corrected chi connectivity index (χ3v) is 3.29. The summed E-state index contributed by atoms with van der Waals surface area (Å²) in [6.07, 6.45) is 3.33. The number of aromatic nitrogens is 5. The van der Waals surface area contributed by atoms with Crippen LogP contribution < -0.4 is 5.14 Å². The number of hydrogen-bond donors (Lipinski definition) is 1. The van der Waals surface area contributed by atoms with Gasteiger partial charge >= 0.3 is 0 Å². The lowest BCUT2D eigenvalue weighted by atomic mass is 10.1. The summed E-state index contributed by atoms with van der Waals surface area (Å²) in [5.41, 5.74) is 0.149. The molecule has 19 heavy (non-hydrogen) atoms. The highest BCUT2D eigenvalue weighted by Gasteiger charge is 2.29. The van der Waals surface area contributed by atoms with Crippen LogP contribution in [-0.4, -0.2) is 33.0 Å². The number of nitrogens with two attached hydrogens (primary N) is 1. The van der Waals surface area contributed by atoms with E-state index in [1.165, 1.54) is 4.57 Å². The Bertz CT molecular complexity index is 707. The minimum atomic E-state index is -3.93. The van der Waals surface area contributed by atoms with Gasteiger partial charge in [-0.05, 0) is 20.8 Å². The molecule has 9 heteroatoms. The van der Waals surface area contributed by atoms with Gasteiger partial charge in [0.25, 0.3) is 15.2 Å². The normalized spacial score (nSPS) is 12.9. The molecule has 0 aliphatic carbocycles. The van der Waals surface area contributed by atoms with Crippen molar-refractivity contribution in [2.45, 2.75) is 31.5 Å². The van der Waals surface area contributed by atoms with Crippen LogP contribution in [0, 0.1) is 0 Å². The minimum Gasteiger partial charge on any atom is -0.291 e. The molecule has 0 bridgehead atoms. The monoisotopic (exact) mass is 284 g/mol. The molecule has 0 radical (unpaired) electrons. The van der Waals surface area contributed by atoms with Crippen LogP contribution in [0.4, 0.5) is 0 Å². The van der Waals surface area contributed by atoms with E-state index in [0.717, 1.165) is 0 Å². The Hall–Kier alpha value is -1.74. The molecule has 2 aromatic rings. The van der Waals surface area contributed by atoms with Gasteiger partial charge in [0, 0.05) is 18.8 Å². The molecule has 0 saturated carbocycles. The molecular weight excluding hydrogens is 268 g/mol. The Labute approximate surface area is 111 Å². The van der Waals surface area contributed by atoms with Crippen LogP contribution in [0.2, 0.25) is 0 Å². The molecule has 2 heterocycles. The van der Waals surface area contributed by atoms with Gasteiger partial charge in [0.15, 0.2) is 5.82 Å². The van der Waals surface area contributed by atoms with E-state index in [1.54, 1.807) is 24.1 Å². The highest BCUT2D eigenvalue weighted by atomic mass is 32.2. The summed E-state index contributed by atoms with van der Waals surface area (Å²) in [5.74, 6) is 0.421. The van der Waals surface area contributed by atoms with Gasteiger partial charge in [-0.15, -0.1) is 10.2 Å². The maximum atomic E-state index is 11.6. The van der Waals surface area contributed by atoms with Crippen molar-refractivity contribution in [2.75, 3.05) is 0 Å². The van der Waals surface area contributed by atoms with Gasteiger partial charge in [-0.25, -0.2) is 13.6 Å². The van der Waals surface area contributed by atoms with Crippen LogP contribution in [0.1, 0.15) is 20.8 Å². The molecular formula is C10H16N6O2S. The van der Waals surface area contributed by atoms with Crippen molar-refractivity contribution >= 4 is 10.0 Å². The molecule has 0 atom stereocenters. The van der Waals surface area contributed by atoms with Crippen molar-refractivity contribution in [1.82, 2.24) is 24.5 Å². The number of aryl methyl sites for hydroxylation is 1. The zero-order valence-electron chi connectivity index (χ0n) is 11.2. The molecule has 0 aliphatic rings. The van der Waals surface area contributed by atoms with Crippen LogP contribution in [-0.2, 0) is 22.6 Å². The summed E-state index contributed by atoms with van der Waals surface area (Å²) in [5, 5.41) is 16.6. The molecule has 104 valence electrons. The van der Waals surface area contributed by atoms with Gasteiger partial charge in [-0.3, -0.25) is 9.25 Å². The van der Waals surface area contributed by atoms with E-state index in [0.29, 0.717) is 11.4 Å². The lowest BCUT2D eigenvalue weighted by Gasteiger charge is -2.23. The van der Waals surface area contributed by atoms with E-state index in [9.17, 15) is 8.42 Å². The summed E-state index contributed by atoms with van der Waals surface area (Å²) in [6, 6.07) is 0. The van der Waals surface area contributed by atoms with Gasteiger partial charge in [0.05, 0.1) is 11.8 Å². The van der Waals surface area contributed by atoms with Crippen molar-refractivity contribution < 1.29 is 8.42 Å². The highest BCUT2D eigenvalue weighted by molar-refractivity contribution is 7.89. The summed E-state index contributed by atoms with van der Waals surface area (Å²) in [6.45, 7) is 5.56. The average Bonchev–Trinajstić information content (AvgIpc) is 2.79. The molecule has 0 amide bonds. The van der Waals surface area contributed by atoms with E-state index in [4.69, 9.17) is 5.14 Å². The van der Waals surface area contributed by atoms with Crippen molar-refractivity contribution in [3.8, 4) is 11.4 Å². The Kier molecular flexibility index (Phi) is 2.98. The SMILES string of the molecule is Cn1cc(-c2nnc(S(N)(=O)=O)n2C(C)(C)C)cn1. The lowest BCUT2D eigenvalue weighted by Crippen LogP contribution is -2.29. The first-order chi connectivity index (χ1) is 8.60. The molecule has 0 fully saturated rings. The van der Waals surface area contributed by atoms with Crippen LogP contribution in [0.15, 0.2) is 17.6 Å². The fraction of sp³-hybridized carbons (Fsp3) is 0.500. The standard InChI is InChI=1S/C10H16N6O2S/c1-10(2,3)16-8(7-5-12-15(4)6-7)13-14-9(16)19(11,17)18/h5-6H,1-4H3,(H2,11,17,18). The van der Waals surface area contributed by atoms with Gasteiger partial charge in [0.2, 0.25) is 0 Å². The first-order valence-corrected chi connectivity index (χ1v) is 7.13. The predicted octanol–water partition coefficient (Wildman–Crippen LogP) is 0.0810. The smallest absolute Gasteiger partial charge is 0.273 e. The topological polar surface area (TPSA) is 109 Å². The van der Waals surface area contributed by atoms with E-state index >= 15 is 0 Å². The third kappa shape index (κ3) is 2.51. The molecule has 0 saturated heterocycles. The fourth-order valence-corrected chi connectivity index (χ4v) is 2.55. The fourth-order valence-electron chi connectivity index (χ4n) is 1.78.